The van der Waals surface area contributed by atoms with Gasteiger partial charge in [0.25, 0.3) is 0 Å². The normalized spacial score (nSPS) is 42.3. The number of ether oxygens (including phenoxy) is 3. The SMILES string of the molecule is OC[C@H]1O[C@@H](O[C@H]2[C@H](O)[C@@H](O)[C@H](Sc3ccc(F)cc3)O[C@@H]2CO)[C@H](O)[C@@H](O)[C@H]1O. The molecule has 2 fully saturated rings. The number of halogens is 1. The smallest absolute Gasteiger partial charge is 0.187 e. The molecule has 0 unspecified atom stereocenters. The van der Waals surface area contributed by atoms with E-state index in [-0.39, 0.29) is 0 Å². The predicted octanol–water partition coefficient (Wildman–Crippen LogP) is -2.46. The van der Waals surface area contributed by atoms with Gasteiger partial charge >= 0.3 is 0 Å². The lowest BCUT2D eigenvalue weighted by Crippen LogP contribution is -2.64. The van der Waals surface area contributed by atoms with Crippen LogP contribution < -0.4 is 0 Å². The summed E-state index contributed by atoms with van der Waals surface area (Å²) in [5.41, 5.74) is -1.02. The fourth-order valence-corrected chi connectivity index (χ4v) is 4.36. The molecule has 3 rings (SSSR count). The van der Waals surface area contributed by atoms with Gasteiger partial charge in [-0.15, -0.1) is 0 Å². The molecule has 0 spiro atoms. The summed E-state index contributed by atoms with van der Waals surface area (Å²) in [6.07, 6.45) is -13.4. The van der Waals surface area contributed by atoms with Gasteiger partial charge in [-0.05, 0) is 24.3 Å². The van der Waals surface area contributed by atoms with Crippen molar-refractivity contribution >= 4 is 11.8 Å². The molecule has 2 aliphatic heterocycles. The largest absolute Gasteiger partial charge is 0.394 e. The average molecular weight is 452 g/mol. The third-order valence-electron chi connectivity index (χ3n) is 5.03. The second kappa shape index (κ2) is 10.1. The molecule has 30 heavy (non-hydrogen) atoms. The minimum absolute atomic E-state index is 0.439. The van der Waals surface area contributed by atoms with Crippen LogP contribution in [0, 0.1) is 5.82 Å². The summed E-state index contributed by atoms with van der Waals surface area (Å²) in [5, 5.41) is 69.8. The van der Waals surface area contributed by atoms with Gasteiger partial charge in [-0.25, -0.2) is 4.39 Å². The summed E-state index contributed by atoms with van der Waals surface area (Å²) in [6.45, 7) is -1.29. The van der Waals surface area contributed by atoms with Gasteiger partial charge in [0, 0.05) is 4.90 Å². The molecule has 10 atom stereocenters. The van der Waals surface area contributed by atoms with Gasteiger partial charge in [0.2, 0.25) is 0 Å². The van der Waals surface area contributed by atoms with Crippen molar-refractivity contribution in [2.75, 3.05) is 13.2 Å². The van der Waals surface area contributed by atoms with Gasteiger partial charge < -0.3 is 50.0 Å². The van der Waals surface area contributed by atoms with Crippen LogP contribution in [0.3, 0.4) is 0 Å². The van der Waals surface area contributed by atoms with Crippen LogP contribution in [0.1, 0.15) is 0 Å². The minimum Gasteiger partial charge on any atom is -0.394 e. The fraction of sp³-hybridized carbons (Fsp3) is 0.667. The third kappa shape index (κ3) is 4.95. The molecule has 1 aromatic carbocycles. The molecule has 0 amide bonds. The molecule has 10 nitrogen and oxygen atoms in total. The molecular formula is C18H25FO10S. The topological polar surface area (TPSA) is 169 Å². The number of rotatable bonds is 6. The lowest BCUT2D eigenvalue weighted by molar-refractivity contribution is -0.338. The monoisotopic (exact) mass is 452 g/mol. The summed E-state index contributed by atoms with van der Waals surface area (Å²) in [5.74, 6) is -0.439. The highest BCUT2D eigenvalue weighted by atomic mass is 32.2. The molecule has 0 bridgehead atoms. The first-order valence-electron chi connectivity index (χ1n) is 9.27. The van der Waals surface area contributed by atoms with Gasteiger partial charge in [-0.1, -0.05) is 11.8 Å². The Morgan fingerprint density at radius 2 is 1.43 bits per heavy atom. The first-order chi connectivity index (χ1) is 14.3. The van der Waals surface area contributed by atoms with Crippen molar-refractivity contribution in [1.82, 2.24) is 0 Å². The number of aliphatic hydroxyl groups excluding tert-OH is 7. The highest BCUT2D eigenvalue weighted by molar-refractivity contribution is 7.99. The molecule has 2 heterocycles. The van der Waals surface area contributed by atoms with E-state index in [2.05, 4.69) is 0 Å². The Hall–Kier alpha value is -0.900. The number of aliphatic hydroxyl groups is 7. The van der Waals surface area contributed by atoms with Gasteiger partial charge in [0.15, 0.2) is 6.29 Å². The zero-order valence-electron chi connectivity index (χ0n) is 15.6. The number of benzene rings is 1. The van der Waals surface area contributed by atoms with E-state index in [9.17, 15) is 40.1 Å². The zero-order chi connectivity index (χ0) is 22.0. The quantitative estimate of drug-likeness (QED) is 0.244. The van der Waals surface area contributed by atoms with Crippen molar-refractivity contribution in [3.05, 3.63) is 30.1 Å². The Labute approximate surface area is 175 Å². The van der Waals surface area contributed by atoms with E-state index in [0.717, 1.165) is 11.8 Å². The van der Waals surface area contributed by atoms with E-state index in [4.69, 9.17) is 14.2 Å². The number of hydrogen-bond donors (Lipinski definition) is 7. The van der Waals surface area contributed by atoms with Gasteiger partial charge in [-0.3, -0.25) is 0 Å². The van der Waals surface area contributed by atoms with Crippen LogP contribution in [0.2, 0.25) is 0 Å². The minimum atomic E-state index is -1.72. The molecule has 2 saturated heterocycles. The summed E-state index contributed by atoms with van der Waals surface area (Å²) >= 11 is 1.01. The average Bonchev–Trinajstić information content (AvgIpc) is 2.74. The Kier molecular flexibility index (Phi) is 8.03. The molecule has 170 valence electrons. The van der Waals surface area contributed by atoms with Crippen molar-refractivity contribution in [3.8, 4) is 0 Å². The Balaban J connectivity index is 1.71. The van der Waals surface area contributed by atoms with Gasteiger partial charge in [0.05, 0.1) is 13.2 Å². The van der Waals surface area contributed by atoms with Crippen molar-refractivity contribution in [2.24, 2.45) is 0 Å². The van der Waals surface area contributed by atoms with Gasteiger partial charge in [0.1, 0.15) is 60.1 Å². The summed E-state index contributed by atoms with van der Waals surface area (Å²) in [4.78, 5) is 0.553. The molecule has 0 aliphatic carbocycles. The van der Waals surface area contributed by atoms with E-state index in [1.54, 1.807) is 0 Å². The fourth-order valence-electron chi connectivity index (χ4n) is 3.30. The molecule has 0 radical (unpaired) electrons. The maximum absolute atomic E-state index is 13.1. The van der Waals surface area contributed by atoms with Crippen LogP contribution in [0.25, 0.3) is 0 Å². The summed E-state index contributed by atoms with van der Waals surface area (Å²) < 4.78 is 29.4. The van der Waals surface area contributed by atoms with Crippen molar-refractivity contribution in [2.45, 2.75) is 65.5 Å². The highest BCUT2D eigenvalue weighted by Crippen LogP contribution is 2.35. The first kappa shape index (κ1) is 23.8. The van der Waals surface area contributed by atoms with Crippen LogP contribution in [0.15, 0.2) is 29.2 Å². The van der Waals surface area contributed by atoms with E-state index >= 15 is 0 Å². The van der Waals surface area contributed by atoms with Crippen molar-refractivity contribution in [1.29, 1.82) is 0 Å². The summed E-state index contributed by atoms with van der Waals surface area (Å²) in [7, 11) is 0. The standard InChI is InChI=1S/C18H25FO10S/c19-7-1-3-8(4-2-7)30-18-15(26)13(24)16(10(6-21)28-18)29-17-14(25)12(23)11(22)9(5-20)27-17/h1-4,9-18,20-26H,5-6H2/t9-,10-,11+,12+,13-,14-,15-,16-,17+,18+/m1/s1. The first-order valence-corrected chi connectivity index (χ1v) is 10.2. The van der Waals surface area contributed by atoms with Crippen molar-refractivity contribution < 1.29 is 54.3 Å². The Morgan fingerprint density at radius 3 is 2.03 bits per heavy atom. The lowest BCUT2D eigenvalue weighted by atomic mass is 9.97. The van der Waals surface area contributed by atoms with Gasteiger partial charge in [-0.2, -0.15) is 0 Å². The molecule has 7 N–H and O–H groups in total. The summed E-state index contributed by atoms with van der Waals surface area (Å²) in [6, 6.07) is 5.38. The number of thioether (sulfide) groups is 1. The van der Waals surface area contributed by atoms with Crippen LogP contribution in [-0.4, -0.2) is 110 Å². The zero-order valence-corrected chi connectivity index (χ0v) is 16.5. The molecule has 0 saturated carbocycles. The molecule has 12 heteroatoms. The van der Waals surface area contributed by atoms with E-state index in [0.29, 0.717) is 4.90 Å². The second-order valence-corrected chi connectivity index (χ2v) is 8.25. The predicted molar refractivity (Wildman–Crippen MR) is 98.7 cm³/mol. The van der Waals surface area contributed by atoms with Crippen LogP contribution in [0.4, 0.5) is 4.39 Å². The highest BCUT2D eigenvalue weighted by Gasteiger charge is 2.50. The molecule has 1 aromatic rings. The lowest BCUT2D eigenvalue weighted by Gasteiger charge is -2.46. The second-order valence-electron chi connectivity index (χ2n) is 7.08. The van der Waals surface area contributed by atoms with E-state index < -0.39 is 79.6 Å². The molecule has 2 aliphatic rings. The van der Waals surface area contributed by atoms with Crippen LogP contribution in [-0.2, 0) is 14.2 Å². The molecular weight excluding hydrogens is 427 g/mol. The van der Waals surface area contributed by atoms with Crippen molar-refractivity contribution in [3.63, 3.8) is 0 Å². The van der Waals surface area contributed by atoms with E-state index in [1.165, 1.54) is 24.3 Å². The maximum Gasteiger partial charge on any atom is 0.187 e. The molecule has 0 aromatic heterocycles. The maximum atomic E-state index is 13.1. The van der Waals surface area contributed by atoms with Crippen LogP contribution >= 0.6 is 11.8 Å². The van der Waals surface area contributed by atoms with Crippen LogP contribution in [0.5, 0.6) is 0 Å². The van der Waals surface area contributed by atoms with E-state index in [1.807, 2.05) is 0 Å². The Bertz CT molecular complexity index is 677. The Morgan fingerprint density at radius 1 is 0.800 bits per heavy atom. The third-order valence-corrected chi connectivity index (χ3v) is 6.19. The number of hydrogen-bond acceptors (Lipinski definition) is 11.